The fourth-order valence-electron chi connectivity index (χ4n) is 1.90. The molecule has 0 fully saturated rings. The third kappa shape index (κ3) is 4.73. The highest BCUT2D eigenvalue weighted by molar-refractivity contribution is 9.10. The van der Waals surface area contributed by atoms with Gasteiger partial charge in [0.05, 0.1) is 28.0 Å². The van der Waals surface area contributed by atoms with Crippen LogP contribution in [0.5, 0.6) is 0 Å². The molecule has 1 atom stereocenters. The van der Waals surface area contributed by atoms with Gasteiger partial charge in [-0.3, -0.25) is 9.63 Å². The summed E-state index contributed by atoms with van der Waals surface area (Å²) in [6.45, 7) is -1.02. The van der Waals surface area contributed by atoms with Gasteiger partial charge in [-0.2, -0.15) is 0 Å². The number of aliphatic hydroxyl groups excluding tert-OH is 2. The van der Waals surface area contributed by atoms with Crippen LogP contribution < -0.4 is 10.8 Å². The van der Waals surface area contributed by atoms with Crippen LogP contribution in [0.2, 0.25) is 0 Å². The van der Waals surface area contributed by atoms with Gasteiger partial charge < -0.3 is 15.5 Å². The van der Waals surface area contributed by atoms with Crippen molar-refractivity contribution in [3.63, 3.8) is 0 Å². The molecule has 1 unspecified atom stereocenters. The first-order chi connectivity index (χ1) is 12.3. The van der Waals surface area contributed by atoms with E-state index in [9.17, 15) is 18.0 Å². The number of hydroxylamine groups is 1. The molecular formula is C16H14BrF3N2O4. The quantitative estimate of drug-likeness (QED) is 0.397. The molecule has 0 bridgehead atoms. The normalized spacial score (nSPS) is 11.9. The average Bonchev–Trinajstić information content (AvgIpc) is 2.63. The van der Waals surface area contributed by atoms with Gasteiger partial charge in [0.2, 0.25) is 0 Å². The number of para-hydroxylation sites is 1. The molecule has 2 aromatic rings. The van der Waals surface area contributed by atoms with Crippen LogP contribution in [-0.2, 0) is 4.84 Å². The summed E-state index contributed by atoms with van der Waals surface area (Å²) in [5.41, 5.74) is 0.782. The fraction of sp³-hybridized carbons (Fsp3) is 0.188. The number of nitrogens with one attached hydrogen (secondary N) is 2. The molecule has 0 aliphatic rings. The van der Waals surface area contributed by atoms with Crippen LogP contribution in [0.3, 0.4) is 0 Å². The monoisotopic (exact) mass is 434 g/mol. The highest BCUT2D eigenvalue weighted by atomic mass is 79.9. The van der Waals surface area contributed by atoms with E-state index in [4.69, 9.17) is 15.1 Å². The summed E-state index contributed by atoms with van der Waals surface area (Å²) in [7, 11) is 0. The van der Waals surface area contributed by atoms with E-state index in [-0.39, 0.29) is 15.7 Å². The molecule has 2 rings (SSSR count). The highest BCUT2D eigenvalue weighted by Crippen LogP contribution is 2.32. The van der Waals surface area contributed by atoms with E-state index in [0.29, 0.717) is 0 Å². The largest absolute Gasteiger partial charge is 0.394 e. The van der Waals surface area contributed by atoms with Crippen molar-refractivity contribution < 1.29 is 33.0 Å². The summed E-state index contributed by atoms with van der Waals surface area (Å²) >= 11 is 2.79. The van der Waals surface area contributed by atoms with E-state index in [1.54, 1.807) is 0 Å². The Morgan fingerprint density at radius 1 is 1.23 bits per heavy atom. The lowest BCUT2D eigenvalue weighted by Crippen LogP contribution is -2.30. The summed E-state index contributed by atoms with van der Waals surface area (Å²) in [4.78, 5) is 16.9. The van der Waals surface area contributed by atoms with Crippen LogP contribution >= 0.6 is 15.9 Å². The lowest BCUT2D eigenvalue weighted by Gasteiger charge is -2.15. The van der Waals surface area contributed by atoms with Crippen LogP contribution in [0.1, 0.15) is 10.4 Å². The van der Waals surface area contributed by atoms with Crippen molar-refractivity contribution in [2.75, 3.05) is 18.5 Å². The Bertz CT molecular complexity index is 807. The summed E-state index contributed by atoms with van der Waals surface area (Å²) < 4.78 is 41.6. The lowest BCUT2D eigenvalue weighted by atomic mass is 10.1. The van der Waals surface area contributed by atoms with Gasteiger partial charge >= 0.3 is 0 Å². The maximum atomic E-state index is 14.3. The van der Waals surface area contributed by atoms with Gasteiger partial charge in [-0.25, -0.2) is 18.7 Å². The van der Waals surface area contributed by atoms with Gasteiger partial charge in [-0.1, -0.05) is 12.1 Å². The molecule has 0 radical (unpaired) electrons. The summed E-state index contributed by atoms with van der Waals surface area (Å²) in [6, 6.07) is 6.26. The molecule has 1 amide bonds. The SMILES string of the molecule is O=C(NOCC(O)CO)c1cc(Br)c(F)c(F)c1Nc1ccccc1F. The van der Waals surface area contributed by atoms with Crippen molar-refractivity contribution in [2.24, 2.45) is 0 Å². The predicted octanol–water partition coefficient (Wildman–Crippen LogP) is 2.62. The molecule has 0 aliphatic carbocycles. The number of rotatable bonds is 7. The van der Waals surface area contributed by atoms with E-state index >= 15 is 0 Å². The van der Waals surface area contributed by atoms with Crippen LogP contribution in [0.15, 0.2) is 34.8 Å². The first-order valence-corrected chi connectivity index (χ1v) is 8.04. The highest BCUT2D eigenvalue weighted by Gasteiger charge is 2.23. The van der Waals surface area contributed by atoms with Crippen LogP contribution in [0.4, 0.5) is 24.5 Å². The first-order valence-electron chi connectivity index (χ1n) is 7.25. The molecule has 0 aliphatic heterocycles. The zero-order chi connectivity index (χ0) is 19.3. The zero-order valence-corrected chi connectivity index (χ0v) is 14.7. The lowest BCUT2D eigenvalue weighted by molar-refractivity contribution is -0.0295. The third-order valence-corrected chi connectivity index (χ3v) is 3.77. The number of hydrogen-bond donors (Lipinski definition) is 4. The molecule has 10 heteroatoms. The molecule has 0 aromatic heterocycles. The van der Waals surface area contributed by atoms with Gasteiger partial charge in [0, 0.05) is 0 Å². The van der Waals surface area contributed by atoms with Crippen molar-refractivity contribution in [3.8, 4) is 0 Å². The fourth-order valence-corrected chi connectivity index (χ4v) is 2.31. The van der Waals surface area contributed by atoms with Crippen molar-refractivity contribution in [3.05, 3.63) is 57.8 Å². The van der Waals surface area contributed by atoms with E-state index in [2.05, 4.69) is 21.2 Å². The minimum absolute atomic E-state index is 0.168. The minimum Gasteiger partial charge on any atom is -0.394 e. The number of anilines is 2. The molecular weight excluding hydrogens is 421 g/mol. The second-order valence-corrected chi connectivity index (χ2v) is 5.95. The van der Waals surface area contributed by atoms with Gasteiger partial charge in [0.15, 0.2) is 11.6 Å². The van der Waals surface area contributed by atoms with Crippen LogP contribution in [-0.4, -0.2) is 35.4 Å². The molecule has 0 spiro atoms. The Morgan fingerprint density at radius 2 is 1.92 bits per heavy atom. The summed E-state index contributed by atoms with van der Waals surface area (Å²) in [5, 5.41) is 20.2. The molecule has 26 heavy (non-hydrogen) atoms. The predicted molar refractivity (Wildman–Crippen MR) is 90.3 cm³/mol. The molecule has 0 saturated heterocycles. The van der Waals surface area contributed by atoms with Gasteiger partial charge in [0.25, 0.3) is 5.91 Å². The standard InChI is InChI=1S/C16H14BrF3N2O4/c17-10-5-9(16(25)22-26-7-8(24)6-23)15(14(20)13(10)19)21-12-4-2-1-3-11(12)18/h1-5,8,21,23-24H,6-7H2,(H,22,25). The van der Waals surface area contributed by atoms with E-state index in [1.807, 2.05) is 5.48 Å². The Hall–Kier alpha value is -2.14. The van der Waals surface area contributed by atoms with Gasteiger partial charge in [0.1, 0.15) is 18.5 Å². The Kier molecular flexibility index (Phi) is 6.98. The number of aliphatic hydroxyl groups is 2. The molecule has 6 nitrogen and oxygen atoms in total. The number of hydrogen-bond acceptors (Lipinski definition) is 5. The van der Waals surface area contributed by atoms with E-state index in [1.165, 1.54) is 18.2 Å². The first kappa shape index (κ1) is 20.2. The Labute approximate surface area is 154 Å². The molecule has 0 saturated carbocycles. The molecule has 4 N–H and O–H groups in total. The van der Waals surface area contributed by atoms with E-state index < -0.39 is 48.4 Å². The second kappa shape index (κ2) is 8.99. The topological polar surface area (TPSA) is 90.8 Å². The molecule has 0 heterocycles. The Balaban J connectivity index is 2.33. The average molecular weight is 435 g/mol. The number of carbonyl (C=O) groups excluding carboxylic acids is 1. The number of amides is 1. The molecule has 2 aromatic carbocycles. The third-order valence-electron chi connectivity index (χ3n) is 3.19. The van der Waals surface area contributed by atoms with Crippen LogP contribution in [0, 0.1) is 17.5 Å². The van der Waals surface area contributed by atoms with Gasteiger partial charge in [-0.05, 0) is 34.1 Å². The maximum Gasteiger partial charge on any atom is 0.277 e. The Morgan fingerprint density at radius 3 is 2.58 bits per heavy atom. The minimum atomic E-state index is -1.40. The summed E-state index contributed by atoms with van der Waals surface area (Å²) in [6.07, 6.45) is -1.23. The second-order valence-electron chi connectivity index (χ2n) is 5.09. The maximum absolute atomic E-state index is 14.3. The van der Waals surface area contributed by atoms with Crippen LogP contribution in [0.25, 0.3) is 0 Å². The number of halogens is 4. The summed E-state index contributed by atoms with van der Waals surface area (Å²) in [5.74, 6) is -4.38. The van der Waals surface area contributed by atoms with E-state index in [0.717, 1.165) is 12.1 Å². The zero-order valence-electron chi connectivity index (χ0n) is 13.1. The number of carbonyl (C=O) groups is 1. The van der Waals surface area contributed by atoms with Gasteiger partial charge in [-0.15, -0.1) is 0 Å². The van der Waals surface area contributed by atoms with Crippen molar-refractivity contribution in [1.82, 2.24) is 5.48 Å². The van der Waals surface area contributed by atoms with Crippen molar-refractivity contribution in [1.29, 1.82) is 0 Å². The number of benzene rings is 2. The smallest absolute Gasteiger partial charge is 0.277 e. The van der Waals surface area contributed by atoms with Crippen molar-refractivity contribution in [2.45, 2.75) is 6.10 Å². The van der Waals surface area contributed by atoms with Crippen molar-refractivity contribution >= 4 is 33.2 Å². The molecule has 140 valence electrons.